The second-order valence-corrected chi connectivity index (χ2v) is 4.66. The standard InChI is InChI=1S/C11H17ClN2O2/c1-7-10(12)8(14(4)13-7)6-9(15)11(2,3)16-5/h6H2,1-5H3. The number of methoxy groups -OCH3 is 1. The molecule has 0 spiro atoms. The van der Waals surface area contributed by atoms with Crippen molar-refractivity contribution in [1.29, 1.82) is 0 Å². The minimum absolute atomic E-state index is 0.0140. The summed E-state index contributed by atoms with van der Waals surface area (Å²) in [6, 6.07) is 0. The predicted molar refractivity (Wildman–Crippen MR) is 62.8 cm³/mol. The summed E-state index contributed by atoms with van der Waals surface area (Å²) in [6.45, 7) is 5.30. The SMILES string of the molecule is COC(C)(C)C(=O)Cc1c(Cl)c(C)nn1C. The molecule has 0 aliphatic carbocycles. The van der Waals surface area contributed by atoms with Crippen LogP contribution < -0.4 is 0 Å². The number of aromatic nitrogens is 2. The summed E-state index contributed by atoms with van der Waals surface area (Å²) in [5.41, 5.74) is 0.679. The van der Waals surface area contributed by atoms with E-state index in [9.17, 15) is 4.79 Å². The third-order valence-corrected chi connectivity index (χ3v) is 3.26. The summed E-state index contributed by atoms with van der Waals surface area (Å²) in [7, 11) is 3.30. The molecule has 0 N–H and O–H groups in total. The summed E-state index contributed by atoms with van der Waals surface area (Å²) in [4.78, 5) is 12.0. The van der Waals surface area contributed by atoms with Crippen molar-refractivity contribution < 1.29 is 9.53 Å². The molecule has 0 atom stereocenters. The van der Waals surface area contributed by atoms with E-state index in [1.807, 2.05) is 6.92 Å². The van der Waals surface area contributed by atoms with Crippen LogP contribution in [0.4, 0.5) is 0 Å². The molecular weight excluding hydrogens is 228 g/mol. The monoisotopic (exact) mass is 244 g/mol. The summed E-state index contributed by atoms with van der Waals surface area (Å²) < 4.78 is 6.78. The zero-order valence-corrected chi connectivity index (χ0v) is 11.1. The maximum absolute atomic E-state index is 12.0. The fourth-order valence-electron chi connectivity index (χ4n) is 1.35. The number of rotatable bonds is 4. The van der Waals surface area contributed by atoms with Crippen molar-refractivity contribution in [3.8, 4) is 0 Å². The number of hydrogen-bond acceptors (Lipinski definition) is 3. The Morgan fingerprint density at radius 1 is 1.56 bits per heavy atom. The molecule has 4 nitrogen and oxygen atoms in total. The molecule has 0 aliphatic heterocycles. The summed E-state index contributed by atoms with van der Waals surface area (Å²) in [5.74, 6) is -0.0140. The number of aryl methyl sites for hydroxylation is 2. The van der Waals surface area contributed by atoms with Gasteiger partial charge in [0, 0.05) is 14.2 Å². The highest BCUT2D eigenvalue weighted by atomic mass is 35.5. The normalized spacial score (nSPS) is 11.9. The van der Waals surface area contributed by atoms with Crippen molar-refractivity contribution in [3.63, 3.8) is 0 Å². The largest absolute Gasteiger partial charge is 0.371 e. The van der Waals surface area contributed by atoms with Gasteiger partial charge < -0.3 is 4.74 Å². The fraction of sp³-hybridized carbons (Fsp3) is 0.636. The van der Waals surface area contributed by atoms with Crippen LogP contribution in [-0.2, 0) is 23.0 Å². The van der Waals surface area contributed by atoms with Crippen LogP contribution in [0.2, 0.25) is 5.02 Å². The number of hydrogen-bond donors (Lipinski definition) is 0. The Morgan fingerprint density at radius 2 is 2.12 bits per heavy atom. The molecule has 5 heteroatoms. The van der Waals surface area contributed by atoms with Gasteiger partial charge in [-0.2, -0.15) is 5.10 Å². The maximum atomic E-state index is 12.0. The van der Waals surface area contributed by atoms with E-state index >= 15 is 0 Å². The Morgan fingerprint density at radius 3 is 2.50 bits per heavy atom. The predicted octanol–water partition coefficient (Wildman–Crippen LogP) is 1.92. The van der Waals surface area contributed by atoms with E-state index in [2.05, 4.69) is 5.10 Å². The van der Waals surface area contributed by atoms with Crippen molar-refractivity contribution in [2.45, 2.75) is 32.8 Å². The van der Waals surface area contributed by atoms with Gasteiger partial charge >= 0.3 is 0 Å². The van der Waals surface area contributed by atoms with E-state index in [0.717, 1.165) is 11.4 Å². The first kappa shape index (κ1) is 13.2. The van der Waals surface area contributed by atoms with Crippen LogP contribution in [0, 0.1) is 6.92 Å². The lowest BCUT2D eigenvalue weighted by Crippen LogP contribution is -2.35. The molecule has 0 saturated heterocycles. The third-order valence-electron chi connectivity index (χ3n) is 2.77. The number of carbonyl (C=O) groups excluding carboxylic acids is 1. The van der Waals surface area contributed by atoms with E-state index in [0.29, 0.717) is 5.02 Å². The average Bonchev–Trinajstić information content (AvgIpc) is 2.45. The first-order chi connectivity index (χ1) is 7.29. The van der Waals surface area contributed by atoms with Crippen molar-refractivity contribution >= 4 is 17.4 Å². The van der Waals surface area contributed by atoms with Gasteiger partial charge in [-0.3, -0.25) is 9.48 Å². The first-order valence-electron chi connectivity index (χ1n) is 5.06. The lowest BCUT2D eigenvalue weighted by molar-refractivity contribution is -0.136. The molecule has 0 aliphatic rings. The van der Waals surface area contributed by atoms with Gasteiger partial charge in [-0.25, -0.2) is 0 Å². The van der Waals surface area contributed by atoms with Gasteiger partial charge in [0.05, 0.1) is 22.8 Å². The average molecular weight is 245 g/mol. The van der Waals surface area contributed by atoms with Crippen molar-refractivity contribution in [3.05, 3.63) is 16.4 Å². The van der Waals surface area contributed by atoms with E-state index in [-0.39, 0.29) is 12.2 Å². The second-order valence-electron chi connectivity index (χ2n) is 4.28. The maximum Gasteiger partial charge on any atom is 0.169 e. The molecular formula is C11H17ClN2O2. The summed E-state index contributed by atoms with van der Waals surface area (Å²) >= 11 is 6.08. The molecule has 0 saturated carbocycles. The minimum Gasteiger partial charge on any atom is -0.371 e. The lowest BCUT2D eigenvalue weighted by Gasteiger charge is -2.21. The molecule has 0 radical (unpaired) electrons. The molecule has 0 unspecified atom stereocenters. The van der Waals surface area contributed by atoms with E-state index in [4.69, 9.17) is 16.3 Å². The van der Waals surface area contributed by atoms with Gasteiger partial charge in [0.25, 0.3) is 0 Å². The Kier molecular flexibility index (Phi) is 3.76. The van der Waals surface area contributed by atoms with Crippen molar-refractivity contribution in [2.75, 3.05) is 7.11 Å². The van der Waals surface area contributed by atoms with Gasteiger partial charge in [0.1, 0.15) is 5.60 Å². The van der Waals surface area contributed by atoms with Gasteiger partial charge in [-0.15, -0.1) is 0 Å². The highest BCUT2D eigenvalue weighted by Gasteiger charge is 2.28. The molecule has 16 heavy (non-hydrogen) atoms. The van der Waals surface area contributed by atoms with Gasteiger partial charge in [-0.05, 0) is 20.8 Å². The number of ether oxygens (including phenoxy) is 1. The van der Waals surface area contributed by atoms with Crippen LogP contribution in [0.3, 0.4) is 0 Å². The molecule has 0 fully saturated rings. The summed E-state index contributed by atoms with van der Waals surface area (Å²) in [6.07, 6.45) is 0.233. The van der Waals surface area contributed by atoms with Gasteiger partial charge in [-0.1, -0.05) is 11.6 Å². The number of nitrogens with zero attached hydrogens (tertiary/aromatic N) is 2. The zero-order valence-electron chi connectivity index (χ0n) is 10.3. The Bertz CT molecular complexity index is 410. The van der Waals surface area contributed by atoms with Crippen LogP contribution in [0.5, 0.6) is 0 Å². The number of Topliss-reactive ketones (excluding diaryl/α,β-unsaturated/α-hetero) is 1. The van der Waals surface area contributed by atoms with Crippen LogP contribution in [0.25, 0.3) is 0 Å². The van der Waals surface area contributed by atoms with Crippen molar-refractivity contribution in [1.82, 2.24) is 9.78 Å². The molecule has 90 valence electrons. The molecule has 1 aromatic heterocycles. The second kappa shape index (κ2) is 4.55. The zero-order chi connectivity index (χ0) is 12.5. The molecule has 1 rings (SSSR count). The van der Waals surface area contributed by atoms with E-state index in [1.54, 1.807) is 25.6 Å². The minimum atomic E-state index is -0.790. The Labute approximate surface area is 101 Å². The highest BCUT2D eigenvalue weighted by molar-refractivity contribution is 6.32. The molecule has 0 aromatic carbocycles. The van der Waals surface area contributed by atoms with Crippen LogP contribution in [-0.4, -0.2) is 28.3 Å². The van der Waals surface area contributed by atoms with E-state index < -0.39 is 5.60 Å². The van der Waals surface area contributed by atoms with Crippen molar-refractivity contribution in [2.24, 2.45) is 7.05 Å². The topological polar surface area (TPSA) is 44.1 Å². The quantitative estimate of drug-likeness (QED) is 0.813. The fourth-order valence-corrected chi connectivity index (χ4v) is 1.58. The number of carbonyl (C=O) groups is 1. The van der Waals surface area contributed by atoms with Gasteiger partial charge in [0.15, 0.2) is 5.78 Å². The van der Waals surface area contributed by atoms with E-state index in [1.165, 1.54) is 7.11 Å². The Hall–Kier alpha value is -0.870. The number of halogens is 1. The van der Waals surface area contributed by atoms with Crippen LogP contribution >= 0.6 is 11.6 Å². The first-order valence-corrected chi connectivity index (χ1v) is 5.43. The number of ketones is 1. The van der Waals surface area contributed by atoms with Crippen LogP contribution in [0.15, 0.2) is 0 Å². The van der Waals surface area contributed by atoms with Crippen LogP contribution in [0.1, 0.15) is 25.2 Å². The molecule has 0 amide bonds. The lowest BCUT2D eigenvalue weighted by atomic mass is 9.99. The molecule has 0 bridgehead atoms. The highest BCUT2D eigenvalue weighted by Crippen LogP contribution is 2.22. The third kappa shape index (κ3) is 2.44. The summed E-state index contributed by atoms with van der Waals surface area (Å²) in [5, 5.41) is 4.72. The molecule has 1 aromatic rings. The smallest absolute Gasteiger partial charge is 0.169 e. The Balaban J connectivity index is 2.94. The van der Waals surface area contributed by atoms with Gasteiger partial charge in [0.2, 0.25) is 0 Å². The molecule has 1 heterocycles.